The Morgan fingerprint density at radius 2 is 1.78 bits per heavy atom. The number of hydrogen-bond acceptors (Lipinski definition) is 4. The minimum absolute atomic E-state index is 0.0377. The molecule has 2 heterocycles. The van der Waals surface area contributed by atoms with Crippen LogP contribution in [0.5, 0.6) is 0 Å². The van der Waals surface area contributed by atoms with Crippen molar-refractivity contribution in [3.05, 3.63) is 0 Å². The van der Waals surface area contributed by atoms with Crippen LogP contribution in [-0.2, 0) is 9.84 Å². The molecule has 0 spiro atoms. The van der Waals surface area contributed by atoms with E-state index in [1.807, 2.05) is 0 Å². The summed E-state index contributed by atoms with van der Waals surface area (Å²) in [5, 5.41) is 0. The Morgan fingerprint density at radius 3 is 2.22 bits per heavy atom. The zero-order valence-electron chi connectivity index (χ0n) is 11.4. The number of nitrogens with zero attached hydrogens (tertiary/aromatic N) is 1. The van der Waals surface area contributed by atoms with Crippen LogP contribution < -0.4 is 5.73 Å². The Hall–Kier alpha value is -0.130. The molecule has 0 bridgehead atoms. The van der Waals surface area contributed by atoms with E-state index in [9.17, 15) is 8.42 Å². The fourth-order valence-electron chi connectivity index (χ4n) is 3.38. The van der Waals surface area contributed by atoms with Gasteiger partial charge in [-0.3, -0.25) is 4.90 Å². The van der Waals surface area contributed by atoms with Crippen LogP contribution in [0.25, 0.3) is 0 Å². The third kappa shape index (κ3) is 2.89. The quantitative estimate of drug-likeness (QED) is 0.834. The van der Waals surface area contributed by atoms with Gasteiger partial charge in [0.15, 0.2) is 0 Å². The largest absolute Gasteiger partial charge is 0.329 e. The number of hydrogen-bond donors (Lipinski definition) is 1. The van der Waals surface area contributed by atoms with Gasteiger partial charge in [0.25, 0.3) is 0 Å². The summed E-state index contributed by atoms with van der Waals surface area (Å²) in [6, 6.07) is 0. The van der Waals surface area contributed by atoms with Crippen molar-refractivity contribution in [3.63, 3.8) is 0 Å². The number of sulfone groups is 1. The van der Waals surface area contributed by atoms with Gasteiger partial charge in [-0.1, -0.05) is 13.3 Å². The van der Waals surface area contributed by atoms with Gasteiger partial charge in [-0.2, -0.15) is 0 Å². The molecule has 2 aliphatic heterocycles. The molecule has 5 heteroatoms. The average Bonchev–Trinajstić information content (AvgIpc) is 2.40. The van der Waals surface area contributed by atoms with Crippen LogP contribution in [0.1, 0.15) is 39.0 Å². The van der Waals surface area contributed by atoms with Crippen molar-refractivity contribution in [1.82, 2.24) is 4.90 Å². The molecular weight excluding hydrogens is 248 g/mol. The van der Waals surface area contributed by atoms with Gasteiger partial charge in [0.05, 0.1) is 11.5 Å². The van der Waals surface area contributed by atoms with E-state index in [0.29, 0.717) is 18.1 Å². The Balaban J connectivity index is 2.01. The van der Waals surface area contributed by atoms with Crippen molar-refractivity contribution in [3.8, 4) is 0 Å². The highest BCUT2D eigenvalue weighted by molar-refractivity contribution is 7.91. The van der Waals surface area contributed by atoms with E-state index < -0.39 is 9.84 Å². The molecule has 4 nitrogen and oxygen atoms in total. The summed E-state index contributed by atoms with van der Waals surface area (Å²) in [6.07, 6.45) is 5.19. The second-order valence-electron chi connectivity index (χ2n) is 5.92. The lowest BCUT2D eigenvalue weighted by Crippen LogP contribution is -2.59. The third-order valence-electron chi connectivity index (χ3n) is 5.00. The van der Waals surface area contributed by atoms with E-state index in [0.717, 1.165) is 31.8 Å². The lowest BCUT2D eigenvalue weighted by atomic mass is 9.85. The molecule has 0 atom stereocenters. The maximum atomic E-state index is 11.6. The topological polar surface area (TPSA) is 63.4 Å². The Bertz CT molecular complexity index is 358. The molecule has 2 rings (SSSR count). The average molecular weight is 274 g/mol. The molecule has 0 unspecified atom stereocenters. The summed E-state index contributed by atoms with van der Waals surface area (Å²) >= 11 is 0. The summed E-state index contributed by atoms with van der Waals surface area (Å²) in [4.78, 5) is 2.48. The van der Waals surface area contributed by atoms with E-state index in [-0.39, 0.29) is 5.54 Å². The van der Waals surface area contributed by atoms with Crippen molar-refractivity contribution in [2.45, 2.75) is 44.6 Å². The second-order valence-corrected chi connectivity index (χ2v) is 8.22. The molecule has 0 saturated carbocycles. The predicted molar refractivity (Wildman–Crippen MR) is 74.3 cm³/mol. The summed E-state index contributed by atoms with van der Waals surface area (Å²) < 4.78 is 23.2. The maximum absolute atomic E-state index is 11.6. The molecule has 2 fully saturated rings. The molecule has 2 saturated heterocycles. The summed E-state index contributed by atoms with van der Waals surface area (Å²) in [5.41, 5.74) is 5.95. The zero-order valence-corrected chi connectivity index (χ0v) is 12.2. The molecule has 0 aliphatic carbocycles. The second kappa shape index (κ2) is 5.47. The molecule has 0 amide bonds. The van der Waals surface area contributed by atoms with Crippen LogP contribution in [0, 0.1) is 5.92 Å². The highest BCUT2D eigenvalue weighted by Gasteiger charge is 2.41. The molecule has 18 heavy (non-hydrogen) atoms. The molecule has 106 valence electrons. The fourth-order valence-corrected chi connectivity index (χ4v) is 4.97. The van der Waals surface area contributed by atoms with E-state index in [1.54, 1.807) is 0 Å². The van der Waals surface area contributed by atoms with Crippen LogP contribution in [0.15, 0.2) is 0 Å². The lowest BCUT2D eigenvalue weighted by molar-refractivity contribution is 0.0461. The standard InChI is InChI=1S/C13H26N2O2S/c1-2-12-3-7-15(8-4-12)13(11-14)5-9-18(16,17)10-6-13/h12H,2-11,14H2,1H3. The number of piperidine rings is 1. The van der Waals surface area contributed by atoms with Crippen molar-refractivity contribution in [2.75, 3.05) is 31.1 Å². The van der Waals surface area contributed by atoms with E-state index >= 15 is 0 Å². The molecule has 2 N–H and O–H groups in total. The first-order valence-corrected chi connectivity index (χ1v) is 8.99. The molecular formula is C13H26N2O2S. The van der Waals surface area contributed by atoms with Gasteiger partial charge in [-0.05, 0) is 44.7 Å². The summed E-state index contributed by atoms with van der Waals surface area (Å²) in [5.74, 6) is 1.49. The maximum Gasteiger partial charge on any atom is 0.150 e. The number of likely N-dealkylation sites (tertiary alicyclic amines) is 1. The van der Waals surface area contributed by atoms with Crippen molar-refractivity contribution in [2.24, 2.45) is 11.7 Å². The fraction of sp³-hybridized carbons (Fsp3) is 1.00. The first kappa shape index (κ1) is 14.3. The molecule has 0 aromatic rings. The van der Waals surface area contributed by atoms with E-state index in [4.69, 9.17) is 5.73 Å². The third-order valence-corrected chi connectivity index (χ3v) is 6.65. The van der Waals surface area contributed by atoms with Gasteiger partial charge >= 0.3 is 0 Å². The van der Waals surface area contributed by atoms with Crippen molar-refractivity contribution in [1.29, 1.82) is 0 Å². The zero-order chi connectivity index (χ0) is 13.2. The van der Waals surface area contributed by atoms with Crippen LogP contribution in [0.3, 0.4) is 0 Å². The lowest BCUT2D eigenvalue weighted by Gasteiger charge is -2.48. The minimum Gasteiger partial charge on any atom is -0.329 e. The van der Waals surface area contributed by atoms with Gasteiger partial charge in [0.2, 0.25) is 0 Å². The number of rotatable bonds is 3. The minimum atomic E-state index is -2.80. The predicted octanol–water partition coefficient (Wildman–Crippen LogP) is 1.01. The Kier molecular flexibility index (Phi) is 4.34. The molecule has 2 aliphatic rings. The van der Waals surface area contributed by atoms with Crippen molar-refractivity contribution < 1.29 is 8.42 Å². The monoisotopic (exact) mass is 274 g/mol. The summed E-state index contributed by atoms with van der Waals surface area (Å²) in [6.45, 7) is 5.04. The SMILES string of the molecule is CCC1CCN(C2(CN)CCS(=O)(=O)CC2)CC1. The van der Waals surface area contributed by atoms with Crippen LogP contribution >= 0.6 is 0 Å². The first-order valence-electron chi connectivity index (χ1n) is 7.17. The van der Waals surface area contributed by atoms with Crippen LogP contribution in [0.2, 0.25) is 0 Å². The van der Waals surface area contributed by atoms with Gasteiger partial charge in [0.1, 0.15) is 9.84 Å². The highest BCUT2D eigenvalue weighted by Crippen LogP contribution is 2.33. The van der Waals surface area contributed by atoms with Gasteiger partial charge in [-0.15, -0.1) is 0 Å². The molecule has 0 aromatic carbocycles. The van der Waals surface area contributed by atoms with Crippen molar-refractivity contribution >= 4 is 9.84 Å². The molecule has 0 aromatic heterocycles. The summed E-state index contributed by atoms with van der Waals surface area (Å²) in [7, 11) is -2.80. The van der Waals surface area contributed by atoms with E-state index in [1.165, 1.54) is 19.3 Å². The highest BCUT2D eigenvalue weighted by atomic mass is 32.2. The first-order chi connectivity index (χ1) is 8.51. The smallest absolute Gasteiger partial charge is 0.150 e. The van der Waals surface area contributed by atoms with Gasteiger partial charge < -0.3 is 5.73 Å². The van der Waals surface area contributed by atoms with Crippen LogP contribution in [0.4, 0.5) is 0 Å². The van der Waals surface area contributed by atoms with Crippen LogP contribution in [-0.4, -0.2) is 50.0 Å². The Morgan fingerprint density at radius 1 is 1.22 bits per heavy atom. The van der Waals surface area contributed by atoms with E-state index in [2.05, 4.69) is 11.8 Å². The van der Waals surface area contributed by atoms with Gasteiger partial charge in [0, 0.05) is 12.1 Å². The Labute approximate surface area is 111 Å². The van der Waals surface area contributed by atoms with Gasteiger partial charge in [-0.25, -0.2) is 8.42 Å². The molecule has 0 radical (unpaired) electrons. The number of nitrogens with two attached hydrogens (primary N) is 1. The normalized spacial score (nSPS) is 29.2.